The van der Waals surface area contributed by atoms with E-state index in [-0.39, 0.29) is 12.5 Å². The van der Waals surface area contributed by atoms with Crippen molar-refractivity contribution in [3.63, 3.8) is 0 Å². The molecular weight excluding hydrogens is 356 g/mol. The fourth-order valence-corrected chi connectivity index (χ4v) is 4.11. The Balaban J connectivity index is 1.77. The van der Waals surface area contributed by atoms with E-state index in [0.29, 0.717) is 6.54 Å². The van der Waals surface area contributed by atoms with Crippen LogP contribution in [0.3, 0.4) is 0 Å². The number of nitrogens with one attached hydrogen (secondary N) is 2. The molecule has 1 unspecified atom stereocenters. The lowest BCUT2D eigenvalue weighted by molar-refractivity contribution is -0.143. The van der Waals surface area contributed by atoms with Crippen LogP contribution < -0.4 is 20.4 Å². The molecule has 1 spiro atoms. The third-order valence-electron chi connectivity index (χ3n) is 5.64. The van der Waals surface area contributed by atoms with E-state index in [9.17, 15) is 14.4 Å². The summed E-state index contributed by atoms with van der Waals surface area (Å²) in [6.07, 6.45) is 0. The lowest BCUT2D eigenvalue weighted by Crippen LogP contribution is -2.64. The first-order valence-corrected chi connectivity index (χ1v) is 9.16. The van der Waals surface area contributed by atoms with Crippen LogP contribution in [0.1, 0.15) is 11.5 Å². The zero-order valence-corrected chi connectivity index (χ0v) is 15.8. The van der Waals surface area contributed by atoms with Gasteiger partial charge in [0.15, 0.2) is 5.41 Å². The number of para-hydroxylation sites is 1. The third kappa shape index (κ3) is 2.79. The minimum Gasteiger partial charge on any atom is -0.378 e. The number of carbonyl (C=O) groups is 3. The maximum Gasteiger partial charge on any atom is 0.328 e. The summed E-state index contributed by atoms with van der Waals surface area (Å²) < 4.78 is 0. The predicted molar refractivity (Wildman–Crippen MR) is 106 cm³/mol. The summed E-state index contributed by atoms with van der Waals surface area (Å²) in [6, 6.07) is 16.8. The van der Waals surface area contributed by atoms with Gasteiger partial charge in [0, 0.05) is 44.5 Å². The lowest BCUT2D eigenvalue weighted by atomic mass is 9.72. The minimum absolute atomic E-state index is 0.210. The summed E-state index contributed by atoms with van der Waals surface area (Å²) >= 11 is 0. The Morgan fingerprint density at radius 1 is 0.929 bits per heavy atom. The van der Waals surface area contributed by atoms with E-state index < -0.39 is 23.3 Å². The predicted octanol–water partition coefficient (Wildman–Crippen LogP) is 1.71. The van der Waals surface area contributed by atoms with Crippen molar-refractivity contribution in [1.82, 2.24) is 10.6 Å². The Bertz CT molecular complexity index is 904. The molecule has 4 rings (SSSR count). The topological polar surface area (TPSA) is 81.8 Å². The van der Waals surface area contributed by atoms with Crippen LogP contribution in [0.4, 0.5) is 16.2 Å². The van der Waals surface area contributed by atoms with Gasteiger partial charge in [0.2, 0.25) is 11.8 Å². The second kappa shape index (κ2) is 6.67. The van der Waals surface area contributed by atoms with Gasteiger partial charge in [0.05, 0.1) is 0 Å². The first-order valence-electron chi connectivity index (χ1n) is 9.16. The number of nitrogens with zero attached hydrogens (tertiary/aromatic N) is 2. The SMILES string of the molecule is CN(C)c1ccc(C2CN(c3ccccc3)CC23C(=O)NC(=O)NC3=O)cc1. The summed E-state index contributed by atoms with van der Waals surface area (Å²) in [7, 11) is 3.91. The lowest BCUT2D eigenvalue weighted by Gasteiger charge is -2.34. The van der Waals surface area contributed by atoms with Crippen LogP contribution in [0.15, 0.2) is 54.6 Å². The van der Waals surface area contributed by atoms with Crippen molar-refractivity contribution >= 4 is 29.2 Å². The summed E-state index contributed by atoms with van der Waals surface area (Å²) in [4.78, 5) is 41.6. The third-order valence-corrected chi connectivity index (χ3v) is 5.64. The van der Waals surface area contributed by atoms with E-state index in [1.807, 2.05) is 78.5 Å². The van der Waals surface area contributed by atoms with Gasteiger partial charge in [-0.3, -0.25) is 20.2 Å². The average molecular weight is 378 g/mol. The van der Waals surface area contributed by atoms with Gasteiger partial charge in [-0.1, -0.05) is 30.3 Å². The van der Waals surface area contributed by atoms with Gasteiger partial charge in [0.25, 0.3) is 0 Å². The van der Waals surface area contributed by atoms with Gasteiger partial charge >= 0.3 is 6.03 Å². The molecule has 2 aromatic carbocycles. The van der Waals surface area contributed by atoms with E-state index in [4.69, 9.17) is 0 Å². The van der Waals surface area contributed by atoms with Crippen molar-refractivity contribution in [1.29, 1.82) is 0 Å². The molecule has 2 aromatic rings. The van der Waals surface area contributed by atoms with Crippen molar-refractivity contribution in [3.8, 4) is 0 Å². The van der Waals surface area contributed by atoms with E-state index in [0.717, 1.165) is 16.9 Å². The molecule has 0 saturated carbocycles. The molecule has 144 valence electrons. The number of benzene rings is 2. The first kappa shape index (κ1) is 18.0. The molecule has 7 heteroatoms. The Labute approximate surface area is 163 Å². The second-order valence-corrected chi connectivity index (χ2v) is 7.46. The van der Waals surface area contributed by atoms with Crippen LogP contribution >= 0.6 is 0 Å². The quantitative estimate of drug-likeness (QED) is 0.795. The van der Waals surface area contributed by atoms with Gasteiger partial charge in [-0.15, -0.1) is 0 Å². The maximum absolute atomic E-state index is 12.9. The van der Waals surface area contributed by atoms with Gasteiger partial charge < -0.3 is 9.80 Å². The number of hydrogen-bond acceptors (Lipinski definition) is 5. The normalized spacial score (nSPS) is 20.9. The number of urea groups is 1. The van der Waals surface area contributed by atoms with Crippen LogP contribution in [-0.4, -0.2) is 45.0 Å². The number of hydrogen-bond donors (Lipinski definition) is 2. The van der Waals surface area contributed by atoms with Crippen LogP contribution in [0.25, 0.3) is 0 Å². The van der Waals surface area contributed by atoms with Crippen molar-refractivity contribution in [2.75, 3.05) is 37.0 Å². The fourth-order valence-electron chi connectivity index (χ4n) is 4.11. The van der Waals surface area contributed by atoms with Crippen molar-refractivity contribution < 1.29 is 14.4 Å². The van der Waals surface area contributed by atoms with Crippen molar-refractivity contribution in [2.24, 2.45) is 5.41 Å². The molecule has 2 saturated heterocycles. The molecule has 0 aromatic heterocycles. The number of anilines is 2. The molecule has 4 amide bonds. The molecule has 0 bridgehead atoms. The number of amides is 4. The van der Waals surface area contributed by atoms with Gasteiger partial charge in [-0.25, -0.2) is 4.79 Å². The first-order chi connectivity index (χ1) is 13.4. The maximum atomic E-state index is 12.9. The molecule has 2 heterocycles. The zero-order valence-electron chi connectivity index (χ0n) is 15.8. The largest absolute Gasteiger partial charge is 0.378 e. The van der Waals surface area contributed by atoms with E-state index in [1.165, 1.54) is 0 Å². The molecule has 0 radical (unpaired) electrons. The Kier molecular flexibility index (Phi) is 4.30. The Hall–Kier alpha value is -3.35. The molecule has 1 atom stereocenters. The standard InChI is InChI=1S/C21H22N4O3/c1-24(2)15-10-8-14(9-11-15)17-12-25(16-6-4-3-5-7-16)13-21(17)18(26)22-20(28)23-19(21)27/h3-11,17H,12-13H2,1-2H3,(H2,22,23,26,27,28). The molecular formula is C21H22N4O3. The summed E-state index contributed by atoms with van der Waals surface area (Å²) in [5, 5.41) is 4.60. The summed E-state index contributed by atoms with van der Waals surface area (Å²) in [5.41, 5.74) is 1.50. The van der Waals surface area contributed by atoms with Crippen molar-refractivity contribution in [3.05, 3.63) is 60.2 Å². The summed E-state index contributed by atoms with van der Waals surface area (Å²) in [6.45, 7) is 0.711. The highest BCUT2D eigenvalue weighted by Gasteiger charge is 2.60. The average Bonchev–Trinajstić information content (AvgIpc) is 3.09. The molecule has 2 fully saturated rings. The van der Waals surface area contributed by atoms with Crippen LogP contribution in [-0.2, 0) is 9.59 Å². The highest BCUT2D eigenvalue weighted by molar-refractivity contribution is 6.20. The van der Waals surface area contributed by atoms with E-state index in [1.54, 1.807) is 0 Å². The minimum atomic E-state index is -1.36. The van der Waals surface area contributed by atoms with Crippen molar-refractivity contribution in [2.45, 2.75) is 5.92 Å². The molecule has 2 N–H and O–H groups in total. The van der Waals surface area contributed by atoms with Crippen LogP contribution in [0.5, 0.6) is 0 Å². The van der Waals surface area contributed by atoms with Crippen LogP contribution in [0.2, 0.25) is 0 Å². The Morgan fingerprint density at radius 2 is 1.54 bits per heavy atom. The molecule has 2 aliphatic heterocycles. The molecule has 7 nitrogen and oxygen atoms in total. The Morgan fingerprint density at radius 3 is 2.11 bits per heavy atom. The zero-order chi connectivity index (χ0) is 19.9. The highest BCUT2D eigenvalue weighted by Crippen LogP contribution is 2.46. The van der Waals surface area contributed by atoms with Gasteiger partial charge in [-0.05, 0) is 29.8 Å². The summed E-state index contributed by atoms with van der Waals surface area (Å²) in [5.74, 6) is -1.46. The highest BCUT2D eigenvalue weighted by atomic mass is 16.2. The number of carbonyl (C=O) groups excluding carboxylic acids is 3. The van der Waals surface area contributed by atoms with E-state index in [2.05, 4.69) is 10.6 Å². The van der Waals surface area contributed by atoms with Gasteiger partial charge in [-0.2, -0.15) is 0 Å². The van der Waals surface area contributed by atoms with Crippen LogP contribution in [0, 0.1) is 5.41 Å². The number of imide groups is 2. The van der Waals surface area contributed by atoms with E-state index >= 15 is 0 Å². The molecule has 28 heavy (non-hydrogen) atoms. The second-order valence-electron chi connectivity index (χ2n) is 7.46. The monoisotopic (exact) mass is 378 g/mol. The van der Waals surface area contributed by atoms with Gasteiger partial charge in [0.1, 0.15) is 0 Å². The fraction of sp³-hybridized carbons (Fsp3) is 0.286. The number of barbiturate groups is 1. The molecule has 0 aliphatic carbocycles. The molecule has 2 aliphatic rings. The number of rotatable bonds is 3. The smallest absolute Gasteiger partial charge is 0.328 e.